The van der Waals surface area contributed by atoms with Crippen molar-refractivity contribution in [1.82, 2.24) is 25.1 Å². The van der Waals surface area contributed by atoms with Crippen molar-refractivity contribution in [2.45, 2.75) is 19.9 Å². The first-order valence-electron chi connectivity index (χ1n) is 9.80. The molecular formula is C22H20FN5O4. The second-order valence-corrected chi connectivity index (χ2v) is 7.29. The van der Waals surface area contributed by atoms with Crippen LogP contribution in [-0.2, 0) is 13.0 Å². The van der Waals surface area contributed by atoms with Crippen molar-refractivity contribution in [3.05, 3.63) is 76.9 Å². The molecule has 1 unspecified atom stereocenters. The van der Waals surface area contributed by atoms with Crippen LogP contribution in [0.3, 0.4) is 0 Å². The predicted octanol–water partition coefficient (Wildman–Crippen LogP) is 2.55. The highest BCUT2D eigenvalue weighted by molar-refractivity contribution is 5.94. The van der Waals surface area contributed by atoms with Gasteiger partial charge < -0.3 is 15.2 Å². The Balaban J connectivity index is 1.53. The van der Waals surface area contributed by atoms with E-state index in [0.29, 0.717) is 17.0 Å². The summed E-state index contributed by atoms with van der Waals surface area (Å²) in [4.78, 5) is 33.7. The van der Waals surface area contributed by atoms with Crippen molar-refractivity contribution in [1.29, 1.82) is 0 Å². The molecule has 0 saturated heterocycles. The van der Waals surface area contributed by atoms with Gasteiger partial charge in [-0.05, 0) is 42.7 Å². The zero-order valence-electron chi connectivity index (χ0n) is 17.4. The van der Waals surface area contributed by atoms with Gasteiger partial charge in [0.1, 0.15) is 17.5 Å². The fourth-order valence-electron chi connectivity index (χ4n) is 3.42. The molecule has 3 aromatic rings. The van der Waals surface area contributed by atoms with E-state index in [2.05, 4.69) is 20.4 Å². The molecule has 2 N–H and O–H groups in total. The molecule has 9 nitrogen and oxygen atoms in total. The van der Waals surface area contributed by atoms with Crippen molar-refractivity contribution in [3.8, 4) is 5.88 Å². The lowest BCUT2D eigenvalue weighted by molar-refractivity contribution is 0.0799. The van der Waals surface area contributed by atoms with E-state index in [0.717, 1.165) is 10.2 Å². The molecule has 0 fully saturated rings. The van der Waals surface area contributed by atoms with Crippen LogP contribution in [0.5, 0.6) is 5.88 Å². The predicted molar refractivity (Wildman–Crippen MR) is 111 cm³/mol. The summed E-state index contributed by atoms with van der Waals surface area (Å²) < 4.78 is 19.3. The van der Waals surface area contributed by atoms with E-state index < -0.39 is 17.7 Å². The second-order valence-electron chi connectivity index (χ2n) is 7.29. The number of aromatic nitrogens is 4. The molecule has 1 atom stereocenters. The summed E-state index contributed by atoms with van der Waals surface area (Å²) in [5.41, 5.74) is 1.79. The molecule has 0 spiro atoms. The fourth-order valence-corrected chi connectivity index (χ4v) is 3.42. The SMILES string of the molecule is COc1cc(CNC(=O)c2nc3n(n2)C(=O)C(Cc2ccc(F)cc2)C(O)=C3C)ccn1. The van der Waals surface area contributed by atoms with Gasteiger partial charge in [-0.2, -0.15) is 4.68 Å². The van der Waals surface area contributed by atoms with Crippen LogP contribution in [0.1, 0.15) is 39.3 Å². The maximum absolute atomic E-state index is 13.2. The topological polar surface area (TPSA) is 119 Å². The lowest BCUT2D eigenvalue weighted by Gasteiger charge is -2.22. The minimum Gasteiger partial charge on any atom is -0.511 e. The number of ether oxygens (including phenoxy) is 1. The molecule has 164 valence electrons. The number of halogens is 1. The first-order chi connectivity index (χ1) is 15.4. The van der Waals surface area contributed by atoms with Gasteiger partial charge >= 0.3 is 0 Å². The zero-order chi connectivity index (χ0) is 22.8. The highest BCUT2D eigenvalue weighted by Gasteiger charge is 2.36. The molecule has 1 aromatic carbocycles. The summed E-state index contributed by atoms with van der Waals surface area (Å²) in [6.45, 7) is 1.79. The van der Waals surface area contributed by atoms with E-state index in [-0.39, 0.29) is 36.2 Å². The van der Waals surface area contributed by atoms with Crippen molar-refractivity contribution in [3.63, 3.8) is 0 Å². The number of fused-ring (bicyclic) bond motifs is 1. The molecule has 0 saturated carbocycles. The lowest BCUT2D eigenvalue weighted by Crippen LogP contribution is -2.32. The van der Waals surface area contributed by atoms with Crippen LogP contribution in [0.25, 0.3) is 5.57 Å². The van der Waals surface area contributed by atoms with Crippen molar-refractivity contribution in [2.75, 3.05) is 7.11 Å². The summed E-state index contributed by atoms with van der Waals surface area (Å²) in [5, 5.41) is 17.4. The van der Waals surface area contributed by atoms with Gasteiger partial charge in [-0.15, -0.1) is 5.10 Å². The van der Waals surface area contributed by atoms with Crippen LogP contribution >= 0.6 is 0 Å². The molecule has 32 heavy (non-hydrogen) atoms. The van der Waals surface area contributed by atoms with Crippen molar-refractivity contribution < 1.29 is 23.8 Å². The number of allylic oxidation sites excluding steroid dienone is 2. The fraction of sp³-hybridized carbons (Fsp3) is 0.227. The number of aliphatic hydroxyl groups is 1. The summed E-state index contributed by atoms with van der Waals surface area (Å²) in [6, 6.07) is 9.09. The first kappa shape index (κ1) is 21.2. The molecule has 4 rings (SSSR count). The van der Waals surface area contributed by atoms with Gasteiger partial charge in [-0.3, -0.25) is 9.59 Å². The van der Waals surface area contributed by atoms with Crippen LogP contribution in [0, 0.1) is 11.7 Å². The minimum atomic E-state index is -0.908. The Morgan fingerprint density at radius 1 is 1.25 bits per heavy atom. The number of carbonyl (C=O) groups is 2. The van der Waals surface area contributed by atoms with Gasteiger partial charge in [0.25, 0.3) is 11.8 Å². The quantitative estimate of drug-likeness (QED) is 0.608. The number of methoxy groups -OCH3 is 1. The third kappa shape index (κ3) is 4.07. The van der Waals surface area contributed by atoms with Gasteiger partial charge in [-0.1, -0.05) is 12.1 Å². The van der Waals surface area contributed by atoms with E-state index in [1.807, 2.05) is 0 Å². The molecule has 0 radical (unpaired) electrons. The second kappa shape index (κ2) is 8.58. The summed E-state index contributed by atoms with van der Waals surface area (Å²) in [6.07, 6.45) is 1.72. The monoisotopic (exact) mass is 437 g/mol. The van der Waals surface area contributed by atoms with Crippen LogP contribution in [-0.4, -0.2) is 43.8 Å². The number of benzene rings is 1. The Morgan fingerprint density at radius 3 is 2.72 bits per heavy atom. The van der Waals surface area contributed by atoms with E-state index in [1.165, 1.54) is 19.2 Å². The average Bonchev–Trinajstić information content (AvgIpc) is 3.26. The Kier molecular flexibility index (Phi) is 5.67. The third-order valence-electron chi connectivity index (χ3n) is 5.18. The van der Waals surface area contributed by atoms with Gasteiger partial charge in [0.05, 0.1) is 7.11 Å². The van der Waals surface area contributed by atoms with Crippen LogP contribution < -0.4 is 10.1 Å². The largest absolute Gasteiger partial charge is 0.511 e. The number of pyridine rings is 1. The number of nitrogens with one attached hydrogen (secondary N) is 1. The average molecular weight is 437 g/mol. The normalized spacial score (nSPS) is 15.5. The summed E-state index contributed by atoms with van der Waals surface area (Å²) >= 11 is 0. The van der Waals surface area contributed by atoms with Gasteiger partial charge in [0.15, 0.2) is 5.82 Å². The molecule has 1 aliphatic rings. The van der Waals surface area contributed by atoms with E-state index in [4.69, 9.17) is 4.74 Å². The number of hydrogen-bond donors (Lipinski definition) is 2. The zero-order valence-corrected chi connectivity index (χ0v) is 17.4. The summed E-state index contributed by atoms with van der Waals surface area (Å²) in [5.74, 6) is -2.19. The van der Waals surface area contributed by atoms with Crippen LogP contribution in [0.2, 0.25) is 0 Å². The van der Waals surface area contributed by atoms with E-state index in [9.17, 15) is 19.1 Å². The van der Waals surface area contributed by atoms with Gasteiger partial charge in [-0.25, -0.2) is 14.4 Å². The summed E-state index contributed by atoms with van der Waals surface area (Å²) in [7, 11) is 1.50. The third-order valence-corrected chi connectivity index (χ3v) is 5.18. The number of aliphatic hydroxyl groups excluding tert-OH is 1. The molecule has 10 heteroatoms. The number of hydrogen-bond acceptors (Lipinski definition) is 7. The molecular weight excluding hydrogens is 417 g/mol. The molecule has 1 aliphatic heterocycles. The highest BCUT2D eigenvalue weighted by atomic mass is 19.1. The molecule has 3 heterocycles. The smallest absolute Gasteiger partial charge is 0.291 e. The Bertz CT molecular complexity index is 1220. The van der Waals surface area contributed by atoms with E-state index >= 15 is 0 Å². The minimum absolute atomic E-state index is 0.110. The van der Waals surface area contributed by atoms with Crippen molar-refractivity contribution >= 4 is 17.4 Å². The van der Waals surface area contributed by atoms with Gasteiger partial charge in [0, 0.05) is 24.4 Å². The number of rotatable bonds is 6. The Hall–Kier alpha value is -4.08. The molecule has 0 aliphatic carbocycles. The van der Waals surface area contributed by atoms with Crippen LogP contribution in [0.4, 0.5) is 4.39 Å². The highest BCUT2D eigenvalue weighted by Crippen LogP contribution is 2.30. The Morgan fingerprint density at radius 2 is 2.00 bits per heavy atom. The van der Waals surface area contributed by atoms with Crippen molar-refractivity contribution in [2.24, 2.45) is 5.92 Å². The number of amides is 1. The lowest BCUT2D eigenvalue weighted by atomic mass is 9.92. The number of carbonyl (C=O) groups excluding carboxylic acids is 2. The first-order valence-corrected chi connectivity index (χ1v) is 9.80. The Labute approximate surface area is 182 Å². The van der Waals surface area contributed by atoms with Gasteiger partial charge in [0.2, 0.25) is 11.7 Å². The standard InChI is InChI=1S/C22H20FN5O4/c1-12-18(29)16(9-13-3-5-15(23)6-4-13)22(31)28-20(12)26-19(27-28)21(30)25-11-14-7-8-24-17(10-14)32-2/h3-8,10,16,29H,9,11H2,1-2H3,(H,25,30). The maximum atomic E-state index is 13.2. The molecule has 1 amide bonds. The van der Waals surface area contributed by atoms with E-state index in [1.54, 1.807) is 37.4 Å². The van der Waals surface area contributed by atoms with Crippen LogP contribution in [0.15, 0.2) is 48.4 Å². The molecule has 2 aromatic heterocycles. The number of nitrogens with zero attached hydrogens (tertiary/aromatic N) is 4. The maximum Gasteiger partial charge on any atom is 0.291 e. The molecule has 0 bridgehead atoms.